The van der Waals surface area contributed by atoms with Crippen LogP contribution in [0.3, 0.4) is 0 Å². The van der Waals surface area contributed by atoms with Gasteiger partial charge in [0.2, 0.25) is 0 Å². The smallest absolute Gasteiger partial charge is 0.171 e. The van der Waals surface area contributed by atoms with Crippen molar-refractivity contribution in [1.29, 1.82) is 0 Å². The first-order chi connectivity index (χ1) is 10.8. The second-order valence-corrected chi connectivity index (χ2v) is 10.5. The number of halogens is 1. The lowest BCUT2D eigenvalue weighted by molar-refractivity contribution is 0.0866. The van der Waals surface area contributed by atoms with Crippen molar-refractivity contribution in [2.75, 3.05) is 0 Å². The summed E-state index contributed by atoms with van der Waals surface area (Å²) in [6, 6.07) is 17.5. The molecule has 1 atom stereocenters. The van der Waals surface area contributed by atoms with Crippen LogP contribution in [0, 0.1) is 5.41 Å². The molecule has 1 unspecified atom stereocenters. The third-order valence-corrected chi connectivity index (χ3v) is 5.49. The van der Waals surface area contributed by atoms with Gasteiger partial charge in [-0.1, -0.05) is 91.9 Å². The van der Waals surface area contributed by atoms with E-state index in [1.54, 1.807) is 0 Å². The average Bonchev–Trinajstić information content (AvgIpc) is 2.51. The summed E-state index contributed by atoms with van der Waals surface area (Å²) in [4.78, 5) is 0. The van der Waals surface area contributed by atoms with Crippen molar-refractivity contribution in [3.8, 4) is 11.1 Å². The third kappa shape index (κ3) is 4.91. The van der Waals surface area contributed by atoms with E-state index < -0.39 is 9.04 Å². The zero-order chi connectivity index (χ0) is 17.0. The van der Waals surface area contributed by atoms with Crippen LogP contribution in [-0.2, 0) is 8.85 Å². The van der Waals surface area contributed by atoms with Gasteiger partial charge in [0.1, 0.15) is 0 Å². The van der Waals surface area contributed by atoms with E-state index in [0.717, 1.165) is 4.43 Å². The SMILES string of the molecule is C[SiH](C)OC(c1ccc(-c2ccccc2)c(CI)c1)C(C)(C)C. The maximum absolute atomic E-state index is 6.38. The monoisotopic (exact) mass is 438 g/mol. The van der Waals surface area contributed by atoms with Gasteiger partial charge < -0.3 is 4.43 Å². The molecule has 0 aliphatic rings. The Morgan fingerprint density at radius 2 is 1.70 bits per heavy atom. The summed E-state index contributed by atoms with van der Waals surface area (Å²) in [5, 5.41) is 0. The predicted molar refractivity (Wildman–Crippen MR) is 112 cm³/mol. The summed E-state index contributed by atoms with van der Waals surface area (Å²) < 4.78 is 7.39. The van der Waals surface area contributed by atoms with Gasteiger partial charge in [-0.05, 0) is 40.8 Å². The summed E-state index contributed by atoms with van der Waals surface area (Å²) in [6.07, 6.45) is 0.167. The van der Waals surface area contributed by atoms with Gasteiger partial charge in [0.05, 0.1) is 6.10 Å². The number of hydrogen-bond donors (Lipinski definition) is 0. The topological polar surface area (TPSA) is 9.23 Å². The molecule has 0 amide bonds. The number of hydrogen-bond acceptors (Lipinski definition) is 1. The number of alkyl halides is 1. The molecule has 0 saturated carbocycles. The zero-order valence-electron chi connectivity index (χ0n) is 14.8. The average molecular weight is 438 g/mol. The van der Waals surface area contributed by atoms with Gasteiger partial charge in [0.15, 0.2) is 9.04 Å². The summed E-state index contributed by atoms with van der Waals surface area (Å²) >= 11 is 2.46. The molecule has 0 saturated heterocycles. The molecule has 3 heteroatoms. The van der Waals surface area contributed by atoms with Gasteiger partial charge in [-0.3, -0.25) is 0 Å². The molecule has 0 aliphatic carbocycles. The molecule has 0 aromatic heterocycles. The number of rotatable bonds is 5. The van der Waals surface area contributed by atoms with Crippen molar-refractivity contribution in [3.63, 3.8) is 0 Å². The van der Waals surface area contributed by atoms with Crippen LogP contribution in [0.2, 0.25) is 13.1 Å². The van der Waals surface area contributed by atoms with E-state index >= 15 is 0 Å². The van der Waals surface area contributed by atoms with Crippen molar-refractivity contribution >= 4 is 31.6 Å². The lowest BCUT2D eigenvalue weighted by Gasteiger charge is -2.33. The van der Waals surface area contributed by atoms with E-state index in [0.29, 0.717) is 0 Å². The van der Waals surface area contributed by atoms with E-state index in [4.69, 9.17) is 4.43 Å². The molecule has 2 rings (SSSR count). The molecule has 0 spiro atoms. The maximum atomic E-state index is 6.38. The van der Waals surface area contributed by atoms with Gasteiger partial charge in [0, 0.05) is 4.43 Å². The molecule has 124 valence electrons. The first kappa shape index (κ1) is 18.7. The highest BCUT2D eigenvalue weighted by atomic mass is 127. The molecular weight excluding hydrogens is 411 g/mol. The minimum absolute atomic E-state index is 0.105. The second-order valence-electron chi connectivity index (χ2n) is 7.35. The van der Waals surface area contributed by atoms with Crippen LogP contribution in [0.4, 0.5) is 0 Å². The van der Waals surface area contributed by atoms with E-state index in [1.165, 1.54) is 22.3 Å². The fourth-order valence-corrected chi connectivity index (χ4v) is 4.58. The lowest BCUT2D eigenvalue weighted by atomic mass is 9.83. The van der Waals surface area contributed by atoms with E-state index in [-0.39, 0.29) is 11.5 Å². The highest BCUT2D eigenvalue weighted by Gasteiger charge is 2.28. The Labute approximate surface area is 156 Å². The molecule has 2 aromatic rings. The summed E-state index contributed by atoms with van der Waals surface area (Å²) in [6.45, 7) is 11.3. The highest BCUT2D eigenvalue weighted by Crippen LogP contribution is 2.38. The molecule has 0 N–H and O–H groups in total. The van der Waals surface area contributed by atoms with Gasteiger partial charge >= 0.3 is 0 Å². The highest BCUT2D eigenvalue weighted by molar-refractivity contribution is 14.1. The van der Waals surface area contributed by atoms with Crippen molar-refractivity contribution in [2.24, 2.45) is 5.41 Å². The normalized spacial score (nSPS) is 13.3. The summed E-state index contributed by atoms with van der Waals surface area (Å²) in [5.74, 6) is 0. The van der Waals surface area contributed by atoms with Crippen LogP contribution in [0.1, 0.15) is 38.0 Å². The first-order valence-electron chi connectivity index (χ1n) is 8.22. The Morgan fingerprint density at radius 1 is 1.04 bits per heavy atom. The molecule has 0 bridgehead atoms. The van der Waals surface area contributed by atoms with E-state index in [9.17, 15) is 0 Å². The molecule has 0 radical (unpaired) electrons. The van der Waals surface area contributed by atoms with Gasteiger partial charge in [0.25, 0.3) is 0 Å². The Morgan fingerprint density at radius 3 is 2.22 bits per heavy atom. The minimum atomic E-state index is -1.10. The third-order valence-electron chi connectivity index (χ3n) is 3.86. The molecular formula is C20H27IOSi. The Bertz CT molecular complexity index is 632. The Kier molecular flexibility index (Phi) is 6.46. The lowest BCUT2D eigenvalue weighted by Crippen LogP contribution is -2.26. The van der Waals surface area contributed by atoms with Gasteiger partial charge in [-0.25, -0.2) is 0 Å². The summed E-state index contributed by atoms with van der Waals surface area (Å²) in [7, 11) is -1.10. The van der Waals surface area contributed by atoms with Crippen LogP contribution in [-0.4, -0.2) is 9.04 Å². The standard InChI is InChI=1S/C20H27IOSi/c1-20(2,3)19(22-23(4)5)16-11-12-18(17(13-16)14-21)15-9-7-6-8-10-15/h6-13,19,23H,14H2,1-5H3. The van der Waals surface area contributed by atoms with Crippen molar-refractivity contribution in [3.05, 3.63) is 59.7 Å². The quantitative estimate of drug-likeness (QED) is 0.299. The Hall–Kier alpha value is -0.653. The van der Waals surface area contributed by atoms with E-state index in [2.05, 4.69) is 105 Å². The molecule has 23 heavy (non-hydrogen) atoms. The molecule has 0 fully saturated rings. The minimum Gasteiger partial charge on any atom is -0.413 e. The van der Waals surface area contributed by atoms with Crippen LogP contribution in [0.15, 0.2) is 48.5 Å². The first-order valence-corrected chi connectivity index (χ1v) is 12.5. The maximum Gasteiger partial charge on any atom is 0.171 e. The predicted octanol–water partition coefficient (Wildman–Crippen LogP) is 6.38. The van der Waals surface area contributed by atoms with Crippen molar-refractivity contribution in [2.45, 2.75) is 44.4 Å². The van der Waals surface area contributed by atoms with Gasteiger partial charge in [-0.2, -0.15) is 0 Å². The van der Waals surface area contributed by atoms with Crippen molar-refractivity contribution in [1.82, 2.24) is 0 Å². The number of benzene rings is 2. The molecule has 0 aliphatic heterocycles. The molecule has 2 aromatic carbocycles. The Balaban J connectivity index is 2.45. The molecule has 0 heterocycles. The molecule has 1 nitrogen and oxygen atoms in total. The summed E-state index contributed by atoms with van der Waals surface area (Å²) in [5.41, 5.74) is 5.42. The van der Waals surface area contributed by atoms with Crippen LogP contribution < -0.4 is 0 Å². The van der Waals surface area contributed by atoms with Crippen LogP contribution >= 0.6 is 22.6 Å². The van der Waals surface area contributed by atoms with E-state index in [1.807, 2.05) is 0 Å². The zero-order valence-corrected chi connectivity index (χ0v) is 18.1. The van der Waals surface area contributed by atoms with Crippen molar-refractivity contribution < 1.29 is 4.43 Å². The second kappa shape index (κ2) is 7.95. The van der Waals surface area contributed by atoms with Crippen LogP contribution in [0.5, 0.6) is 0 Å². The largest absolute Gasteiger partial charge is 0.413 e. The fraction of sp³-hybridized carbons (Fsp3) is 0.400. The fourth-order valence-electron chi connectivity index (χ4n) is 2.84. The van der Waals surface area contributed by atoms with Gasteiger partial charge in [-0.15, -0.1) is 0 Å². The van der Waals surface area contributed by atoms with Crippen LogP contribution in [0.25, 0.3) is 11.1 Å².